The Labute approximate surface area is 161 Å². The van der Waals surface area contributed by atoms with Gasteiger partial charge >= 0.3 is 0 Å². The second kappa shape index (κ2) is 5.38. The van der Waals surface area contributed by atoms with Crippen LogP contribution in [0, 0.1) is 17.7 Å². The van der Waals surface area contributed by atoms with Crippen molar-refractivity contribution in [3.63, 3.8) is 0 Å². The van der Waals surface area contributed by atoms with Crippen molar-refractivity contribution in [2.24, 2.45) is 11.8 Å². The van der Waals surface area contributed by atoms with Crippen LogP contribution in [0.4, 0.5) is 10.1 Å². The van der Waals surface area contributed by atoms with E-state index in [1.165, 1.54) is 23.1 Å². The fraction of sp³-hybridized carbons (Fsp3) is 0.167. The SMILES string of the molecule is O=C1[C@H]2C3c4ccccc4C(c4ccccc43)[C@@H]2C(=O)N1c1cccc(F)c1. The molecule has 3 aromatic rings. The van der Waals surface area contributed by atoms with Gasteiger partial charge in [0.1, 0.15) is 5.82 Å². The second-order valence-electron chi connectivity index (χ2n) is 7.76. The molecule has 0 spiro atoms. The maximum absolute atomic E-state index is 13.8. The summed E-state index contributed by atoms with van der Waals surface area (Å²) in [6, 6.07) is 22.0. The van der Waals surface area contributed by atoms with E-state index in [-0.39, 0.29) is 23.7 Å². The summed E-state index contributed by atoms with van der Waals surface area (Å²) in [5.41, 5.74) is 4.85. The Hall–Kier alpha value is -3.27. The van der Waals surface area contributed by atoms with E-state index >= 15 is 0 Å². The molecule has 0 unspecified atom stereocenters. The van der Waals surface area contributed by atoms with Crippen molar-refractivity contribution < 1.29 is 14.0 Å². The molecule has 2 atom stereocenters. The molecule has 2 amide bonds. The third-order valence-electron chi connectivity index (χ3n) is 6.51. The number of benzene rings is 3. The summed E-state index contributed by atoms with van der Waals surface area (Å²) in [7, 11) is 0. The zero-order valence-electron chi connectivity index (χ0n) is 14.9. The van der Waals surface area contributed by atoms with Crippen LogP contribution in [0.5, 0.6) is 0 Å². The van der Waals surface area contributed by atoms with Crippen LogP contribution in [0.3, 0.4) is 0 Å². The van der Waals surface area contributed by atoms with Crippen molar-refractivity contribution in [3.8, 4) is 0 Å². The third-order valence-corrected chi connectivity index (χ3v) is 6.51. The molecule has 3 aromatic carbocycles. The predicted octanol–water partition coefficient (Wildman–Crippen LogP) is 4.22. The minimum atomic E-state index is -0.456. The van der Waals surface area contributed by atoms with Crippen LogP contribution in [0.1, 0.15) is 34.1 Å². The van der Waals surface area contributed by atoms with Gasteiger partial charge in [-0.05, 0) is 40.5 Å². The van der Waals surface area contributed by atoms with Crippen LogP contribution in [0.15, 0.2) is 72.8 Å². The van der Waals surface area contributed by atoms with Crippen molar-refractivity contribution in [1.82, 2.24) is 0 Å². The number of hydrogen-bond donors (Lipinski definition) is 0. The molecule has 28 heavy (non-hydrogen) atoms. The molecule has 0 N–H and O–H groups in total. The number of halogens is 1. The quantitative estimate of drug-likeness (QED) is 0.602. The highest BCUT2D eigenvalue weighted by molar-refractivity contribution is 6.23. The highest BCUT2D eigenvalue weighted by Gasteiger charge is 2.61. The molecule has 7 rings (SSSR count). The smallest absolute Gasteiger partial charge is 0.238 e. The molecule has 4 heteroatoms. The van der Waals surface area contributed by atoms with Crippen LogP contribution in [0.25, 0.3) is 0 Å². The Bertz CT molecular complexity index is 1060. The van der Waals surface area contributed by atoms with Gasteiger partial charge in [0.05, 0.1) is 17.5 Å². The Morgan fingerprint density at radius 3 is 1.54 bits per heavy atom. The van der Waals surface area contributed by atoms with E-state index in [2.05, 4.69) is 24.3 Å². The van der Waals surface area contributed by atoms with Gasteiger partial charge < -0.3 is 0 Å². The van der Waals surface area contributed by atoms with Gasteiger partial charge in [0.2, 0.25) is 11.8 Å². The molecule has 4 aliphatic rings. The Morgan fingerprint density at radius 1 is 0.643 bits per heavy atom. The molecule has 1 fully saturated rings. The van der Waals surface area contributed by atoms with Crippen LogP contribution in [0.2, 0.25) is 0 Å². The molecule has 136 valence electrons. The number of anilines is 1. The number of imide groups is 1. The topological polar surface area (TPSA) is 37.4 Å². The monoisotopic (exact) mass is 369 g/mol. The van der Waals surface area contributed by atoms with E-state index in [1.54, 1.807) is 6.07 Å². The molecule has 3 aliphatic carbocycles. The molecule has 1 heterocycles. The van der Waals surface area contributed by atoms with E-state index < -0.39 is 17.7 Å². The summed E-state index contributed by atoms with van der Waals surface area (Å²) in [4.78, 5) is 28.1. The van der Waals surface area contributed by atoms with E-state index in [0.29, 0.717) is 5.69 Å². The lowest BCUT2D eigenvalue weighted by molar-refractivity contribution is -0.122. The van der Waals surface area contributed by atoms with Crippen LogP contribution >= 0.6 is 0 Å². The number of nitrogens with zero attached hydrogens (tertiary/aromatic N) is 1. The van der Waals surface area contributed by atoms with Crippen molar-refractivity contribution >= 4 is 17.5 Å². The maximum Gasteiger partial charge on any atom is 0.238 e. The van der Waals surface area contributed by atoms with E-state index in [1.807, 2.05) is 24.3 Å². The van der Waals surface area contributed by atoms with Crippen molar-refractivity contribution in [2.75, 3.05) is 4.90 Å². The number of rotatable bonds is 1. The fourth-order valence-electron chi connectivity index (χ4n) is 5.55. The molecule has 1 saturated heterocycles. The maximum atomic E-state index is 13.8. The number of carbonyl (C=O) groups is 2. The van der Waals surface area contributed by atoms with Gasteiger partial charge in [0.25, 0.3) is 0 Å². The van der Waals surface area contributed by atoms with E-state index in [0.717, 1.165) is 22.3 Å². The molecular weight excluding hydrogens is 353 g/mol. The highest BCUT2D eigenvalue weighted by Crippen LogP contribution is 2.61. The first kappa shape index (κ1) is 15.8. The number of amides is 2. The second-order valence-corrected chi connectivity index (χ2v) is 7.76. The third kappa shape index (κ3) is 1.82. The Balaban J connectivity index is 1.58. The summed E-state index contributed by atoms with van der Waals surface area (Å²) in [6.45, 7) is 0. The standard InChI is InChI=1S/C24H16FNO2/c25-13-6-5-7-14(12-13)26-23(27)21-19-15-8-1-2-9-16(15)20(22(21)24(26)28)18-11-4-3-10-17(18)19/h1-12,19-22H/t19?,20?,21-,22-/m0/s1. The Kier molecular flexibility index (Phi) is 3.03. The average Bonchev–Trinajstić information content (AvgIpc) is 2.99. The summed E-state index contributed by atoms with van der Waals surface area (Å²) < 4.78 is 13.8. The lowest BCUT2D eigenvalue weighted by Crippen LogP contribution is -2.41. The molecule has 0 saturated carbocycles. The van der Waals surface area contributed by atoms with Crippen molar-refractivity contribution in [1.29, 1.82) is 0 Å². The van der Waals surface area contributed by atoms with Gasteiger partial charge in [-0.1, -0.05) is 54.6 Å². The van der Waals surface area contributed by atoms with Gasteiger partial charge in [-0.3, -0.25) is 9.59 Å². The molecule has 0 radical (unpaired) electrons. The zero-order chi connectivity index (χ0) is 19.0. The van der Waals surface area contributed by atoms with Gasteiger partial charge in [-0.25, -0.2) is 9.29 Å². The van der Waals surface area contributed by atoms with E-state index in [4.69, 9.17) is 0 Å². The minimum absolute atomic E-state index is 0.141. The molecular formula is C24H16FNO2. The normalized spacial score (nSPS) is 26.8. The summed E-state index contributed by atoms with van der Waals surface area (Å²) >= 11 is 0. The van der Waals surface area contributed by atoms with Crippen molar-refractivity contribution in [2.45, 2.75) is 11.8 Å². The summed E-state index contributed by atoms with van der Waals surface area (Å²) in [6.07, 6.45) is 0. The van der Waals surface area contributed by atoms with Crippen LogP contribution < -0.4 is 4.90 Å². The predicted molar refractivity (Wildman–Crippen MR) is 102 cm³/mol. The largest absolute Gasteiger partial charge is 0.274 e. The van der Waals surface area contributed by atoms with Crippen LogP contribution in [-0.4, -0.2) is 11.8 Å². The summed E-state index contributed by atoms with van der Waals surface area (Å²) in [5, 5.41) is 0. The van der Waals surface area contributed by atoms with Gasteiger partial charge in [-0.2, -0.15) is 0 Å². The van der Waals surface area contributed by atoms with Gasteiger partial charge in [0.15, 0.2) is 0 Å². The first-order valence-corrected chi connectivity index (χ1v) is 9.48. The Morgan fingerprint density at radius 2 is 1.11 bits per heavy atom. The number of carbonyl (C=O) groups excluding carboxylic acids is 2. The molecule has 2 bridgehead atoms. The van der Waals surface area contributed by atoms with Gasteiger partial charge in [0, 0.05) is 11.8 Å². The highest BCUT2D eigenvalue weighted by atomic mass is 19.1. The van der Waals surface area contributed by atoms with Gasteiger partial charge in [-0.15, -0.1) is 0 Å². The van der Waals surface area contributed by atoms with Crippen LogP contribution in [-0.2, 0) is 9.59 Å². The molecule has 0 aromatic heterocycles. The number of hydrogen-bond acceptors (Lipinski definition) is 2. The summed E-state index contributed by atoms with van der Waals surface area (Å²) in [5.74, 6) is -2.06. The van der Waals surface area contributed by atoms with E-state index in [9.17, 15) is 14.0 Å². The zero-order valence-corrected chi connectivity index (χ0v) is 14.9. The minimum Gasteiger partial charge on any atom is -0.274 e. The molecule has 1 aliphatic heterocycles. The first-order valence-electron chi connectivity index (χ1n) is 9.48. The first-order chi connectivity index (χ1) is 13.7. The lowest BCUT2D eigenvalue weighted by atomic mass is 9.55. The lowest BCUT2D eigenvalue weighted by Gasteiger charge is -2.45. The van der Waals surface area contributed by atoms with Crippen molar-refractivity contribution in [3.05, 3.63) is 101 Å². The molecule has 3 nitrogen and oxygen atoms in total. The average molecular weight is 369 g/mol. The fourth-order valence-corrected chi connectivity index (χ4v) is 5.55.